The predicted octanol–water partition coefficient (Wildman–Crippen LogP) is 6.30. The number of piperidine rings is 1. The number of hydrogen-bond acceptors (Lipinski definition) is 7. The Morgan fingerprint density at radius 1 is 1.15 bits per heavy atom. The SMILES string of the molecule is COc1ccc2c3c1O[C@H]1[C@@H](N(CC(C)C)C(=O)C=Cc4cccc(OC(F)(F)F)c4)CC[C@@]4(OC(C)=O)[C@@H](C2)N(CC2CC2)CC[C@]314. The van der Waals surface area contributed by atoms with Gasteiger partial charge in [0.25, 0.3) is 0 Å². The monoisotopic (exact) mass is 668 g/mol. The maximum absolute atomic E-state index is 14.2. The van der Waals surface area contributed by atoms with Gasteiger partial charge in [0, 0.05) is 31.7 Å². The van der Waals surface area contributed by atoms with Crippen LogP contribution in [0.5, 0.6) is 17.2 Å². The zero-order chi connectivity index (χ0) is 34.0. The van der Waals surface area contributed by atoms with E-state index in [4.69, 9.17) is 14.2 Å². The van der Waals surface area contributed by atoms with Gasteiger partial charge in [-0.1, -0.05) is 32.0 Å². The van der Waals surface area contributed by atoms with Crippen LogP contribution in [0.3, 0.4) is 0 Å². The predicted molar refractivity (Wildman–Crippen MR) is 172 cm³/mol. The van der Waals surface area contributed by atoms with E-state index in [1.54, 1.807) is 13.2 Å². The van der Waals surface area contributed by atoms with E-state index in [-0.39, 0.29) is 35.6 Å². The van der Waals surface area contributed by atoms with Crippen molar-refractivity contribution in [3.63, 3.8) is 0 Å². The molecule has 1 amide bonds. The van der Waals surface area contributed by atoms with Crippen molar-refractivity contribution in [3.8, 4) is 17.2 Å². The van der Waals surface area contributed by atoms with Crippen LogP contribution in [0.2, 0.25) is 0 Å². The minimum absolute atomic E-state index is 0.0185. The van der Waals surface area contributed by atoms with E-state index < -0.39 is 23.5 Å². The van der Waals surface area contributed by atoms with Crippen molar-refractivity contribution in [2.24, 2.45) is 11.8 Å². The Balaban J connectivity index is 1.29. The van der Waals surface area contributed by atoms with E-state index in [9.17, 15) is 22.8 Å². The number of likely N-dealkylation sites (tertiary alicyclic amines) is 1. The molecule has 5 aliphatic rings. The van der Waals surface area contributed by atoms with Gasteiger partial charge in [-0.05, 0) is 92.3 Å². The van der Waals surface area contributed by atoms with Crippen molar-refractivity contribution in [3.05, 3.63) is 59.2 Å². The lowest BCUT2D eigenvalue weighted by molar-refractivity contribution is -0.274. The van der Waals surface area contributed by atoms with Gasteiger partial charge in [0.15, 0.2) is 11.5 Å². The third-order valence-electron chi connectivity index (χ3n) is 11.0. The molecule has 11 heteroatoms. The Bertz CT molecular complexity index is 1620. The molecule has 2 saturated carbocycles. The molecule has 258 valence electrons. The number of methoxy groups -OCH3 is 1. The lowest BCUT2D eigenvalue weighted by Gasteiger charge is -2.65. The normalized spacial score (nSPS) is 29.0. The van der Waals surface area contributed by atoms with Crippen LogP contribution in [0.25, 0.3) is 6.08 Å². The van der Waals surface area contributed by atoms with E-state index in [0.29, 0.717) is 48.8 Å². The molecular weight excluding hydrogens is 625 g/mol. The highest BCUT2D eigenvalue weighted by Gasteiger charge is 2.76. The van der Waals surface area contributed by atoms with E-state index in [1.165, 1.54) is 55.7 Å². The van der Waals surface area contributed by atoms with E-state index in [1.807, 2.05) is 24.8 Å². The molecule has 1 saturated heterocycles. The molecule has 2 heterocycles. The number of benzene rings is 2. The van der Waals surface area contributed by atoms with Crippen LogP contribution >= 0.6 is 0 Å². The average Bonchev–Trinajstić information content (AvgIpc) is 3.76. The minimum Gasteiger partial charge on any atom is -0.493 e. The molecule has 2 aliphatic heterocycles. The van der Waals surface area contributed by atoms with Crippen LogP contribution in [-0.4, -0.2) is 78.6 Å². The first kappa shape index (κ1) is 32.8. The van der Waals surface area contributed by atoms with E-state index in [2.05, 4.69) is 15.7 Å². The van der Waals surface area contributed by atoms with Crippen LogP contribution in [0.1, 0.15) is 69.6 Å². The van der Waals surface area contributed by atoms with Gasteiger partial charge in [0.2, 0.25) is 5.91 Å². The minimum atomic E-state index is -4.82. The van der Waals surface area contributed by atoms with Crippen molar-refractivity contribution >= 4 is 18.0 Å². The molecule has 2 bridgehead atoms. The third kappa shape index (κ3) is 5.51. The Kier molecular flexibility index (Phi) is 8.20. The first-order chi connectivity index (χ1) is 22.8. The number of amides is 1. The molecule has 0 N–H and O–H groups in total. The summed E-state index contributed by atoms with van der Waals surface area (Å²) in [6, 6.07) is 9.24. The third-order valence-corrected chi connectivity index (χ3v) is 11.0. The van der Waals surface area contributed by atoms with E-state index >= 15 is 0 Å². The Hall–Kier alpha value is -3.73. The zero-order valence-corrected chi connectivity index (χ0v) is 27.8. The molecule has 1 spiro atoms. The lowest BCUT2D eigenvalue weighted by Crippen LogP contribution is -2.79. The molecule has 3 aliphatic carbocycles. The van der Waals surface area contributed by atoms with Gasteiger partial charge in [0.05, 0.1) is 24.6 Å². The number of ether oxygens (including phenoxy) is 4. The summed E-state index contributed by atoms with van der Waals surface area (Å²) in [5.74, 6) is 1.14. The largest absolute Gasteiger partial charge is 0.573 e. The Morgan fingerprint density at radius 2 is 1.94 bits per heavy atom. The smallest absolute Gasteiger partial charge is 0.493 e. The van der Waals surface area contributed by atoms with Gasteiger partial charge in [0.1, 0.15) is 17.5 Å². The number of carbonyl (C=O) groups is 2. The molecule has 3 fully saturated rings. The highest BCUT2D eigenvalue weighted by molar-refractivity contribution is 5.92. The van der Waals surface area contributed by atoms with Gasteiger partial charge in [-0.15, -0.1) is 13.2 Å². The maximum Gasteiger partial charge on any atom is 0.573 e. The fourth-order valence-corrected chi connectivity index (χ4v) is 9.22. The lowest BCUT2D eigenvalue weighted by atomic mass is 9.48. The first-order valence-electron chi connectivity index (χ1n) is 17.0. The summed E-state index contributed by atoms with van der Waals surface area (Å²) in [4.78, 5) is 31.6. The van der Waals surface area contributed by atoms with Gasteiger partial charge >= 0.3 is 12.3 Å². The molecule has 2 aromatic rings. The highest BCUT2D eigenvalue weighted by Crippen LogP contribution is 2.67. The van der Waals surface area contributed by atoms with Crippen molar-refractivity contribution in [1.82, 2.24) is 9.80 Å². The van der Waals surface area contributed by atoms with Crippen molar-refractivity contribution < 1.29 is 41.7 Å². The number of rotatable bonds is 10. The van der Waals surface area contributed by atoms with Crippen LogP contribution in [0.4, 0.5) is 13.2 Å². The topological polar surface area (TPSA) is 77.5 Å². The number of esters is 1. The van der Waals surface area contributed by atoms with Gasteiger partial charge < -0.3 is 23.8 Å². The molecule has 0 aromatic heterocycles. The van der Waals surface area contributed by atoms with Gasteiger partial charge in [-0.2, -0.15) is 0 Å². The standard InChI is InChI=1S/C37H43F3N2O6/c1-22(2)20-42(31(44)13-10-24-6-5-7-27(18-24)48-37(38,39)40)28-14-15-36(47-23(3)43)30-19-26-11-12-29(45-4)33-32(26)35(36,34(28)46-33)16-17-41(30)21-25-8-9-25/h5-7,10-13,18,22,25,28,30,34H,8-9,14-17,19-21H2,1-4H3/t28-,30+,34-,35-,36+/m0/s1. The Labute approximate surface area is 279 Å². The summed E-state index contributed by atoms with van der Waals surface area (Å²) >= 11 is 0. The number of alkyl halides is 3. The summed E-state index contributed by atoms with van der Waals surface area (Å²) in [6.45, 7) is 7.84. The van der Waals surface area contributed by atoms with Crippen molar-refractivity contribution in [2.45, 2.75) is 94.9 Å². The fraction of sp³-hybridized carbons (Fsp3) is 0.568. The second-order valence-corrected chi connectivity index (χ2v) is 14.5. The maximum atomic E-state index is 14.2. The number of carbonyl (C=O) groups excluding carboxylic acids is 2. The highest BCUT2D eigenvalue weighted by atomic mass is 19.4. The van der Waals surface area contributed by atoms with Crippen molar-refractivity contribution in [1.29, 1.82) is 0 Å². The number of hydrogen-bond donors (Lipinski definition) is 0. The zero-order valence-electron chi connectivity index (χ0n) is 27.8. The summed E-state index contributed by atoms with van der Waals surface area (Å²) in [7, 11) is 1.62. The van der Waals surface area contributed by atoms with Crippen LogP contribution < -0.4 is 14.2 Å². The first-order valence-corrected chi connectivity index (χ1v) is 17.0. The summed E-state index contributed by atoms with van der Waals surface area (Å²) in [6.07, 6.45) is 2.63. The molecular formula is C37H43F3N2O6. The molecule has 5 atom stereocenters. The number of halogens is 3. The second-order valence-electron chi connectivity index (χ2n) is 14.5. The molecule has 48 heavy (non-hydrogen) atoms. The summed E-state index contributed by atoms with van der Waals surface area (Å²) in [5.41, 5.74) is 1.10. The summed E-state index contributed by atoms with van der Waals surface area (Å²) < 4.78 is 62.1. The van der Waals surface area contributed by atoms with Crippen LogP contribution in [-0.2, 0) is 26.2 Å². The molecule has 7 rings (SSSR count). The van der Waals surface area contributed by atoms with Crippen LogP contribution in [0.15, 0.2) is 42.5 Å². The van der Waals surface area contributed by atoms with Crippen LogP contribution in [0, 0.1) is 11.8 Å². The van der Waals surface area contributed by atoms with Gasteiger partial charge in [-0.3, -0.25) is 14.5 Å². The Morgan fingerprint density at radius 3 is 2.62 bits per heavy atom. The second kappa shape index (κ2) is 12.0. The quantitative estimate of drug-likeness (QED) is 0.218. The fourth-order valence-electron chi connectivity index (χ4n) is 9.22. The van der Waals surface area contributed by atoms with Crippen molar-refractivity contribution in [2.75, 3.05) is 26.7 Å². The number of nitrogens with zero attached hydrogens (tertiary/aromatic N) is 2. The molecule has 0 radical (unpaired) electrons. The van der Waals surface area contributed by atoms with Gasteiger partial charge in [-0.25, -0.2) is 0 Å². The molecule has 0 unspecified atom stereocenters. The average molecular weight is 669 g/mol. The summed E-state index contributed by atoms with van der Waals surface area (Å²) in [5, 5.41) is 0. The molecule has 8 nitrogen and oxygen atoms in total. The molecule has 2 aromatic carbocycles. The van der Waals surface area contributed by atoms with E-state index in [0.717, 1.165) is 25.1 Å².